The molecule has 0 aliphatic heterocycles. The molecule has 0 aliphatic rings. The molecule has 11 aromatic rings. The molecule has 0 amide bonds. The summed E-state index contributed by atoms with van der Waals surface area (Å²) in [6.45, 7) is 0. The molecule has 58 heavy (non-hydrogen) atoms. The molecule has 11 rings (SSSR count). The molecule has 0 aliphatic carbocycles. The van der Waals surface area contributed by atoms with Crippen molar-refractivity contribution < 1.29 is 0 Å². The first-order valence-corrected chi connectivity index (χ1v) is 19.7. The van der Waals surface area contributed by atoms with E-state index < -0.39 is 0 Å². The highest BCUT2D eigenvalue weighted by Gasteiger charge is 2.17. The van der Waals surface area contributed by atoms with Gasteiger partial charge in [-0.25, -0.2) is 9.97 Å². The molecule has 2 aromatic heterocycles. The van der Waals surface area contributed by atoms with E-state index in [1.807, 2.05) is 30.5 Å². The van der Waals surface area contributed by atoms with E-state index in [2.05, 4.69) is 187 Å². The molecular formula is C55H35N3. The van der Waals surface area contributed by atoms with Crippen LogP contribution >= 0.6 is 0 Å². The smallest absolute Gasteiger partial charge is 0.160 e. The Morgan fingerprint density at radius 3 is 1.47 bits per heavy atom. The van der Waals surface area contributed by atoms with Crippen molar-refractivity contribution in [1.29, 1.82) is 0 Å². The Morgan fingerprint density at radius 1 is 0.259 bits per heavy atom. The molecule has 270 valence electrons. The van der Waals surface area contributed by atoms with Gasteiger partial charge in [0.05, 0.1) is 17.1 Å². The number of pyridine rings is 1. The van der Waals surface area contributed by atoms with Crippen molar-refractivity contribution in [3.8, 4) is 67.4 Å². The molecule has 0 unspecified atom stereocenters. The third-order valence-corrected chi connectivity index (χ3v) is 11.3. The molecule has 9 aromatic carbocycles. The molecule has 0 fully saturated rings. The van der Waals surface area contributed by atoms with E-state index in [0.717, 1.165) is 44.9 Å². The van der Waals surface area contributed by atoms with Crippen LogP contribution in [-0.2, 0) is 0 Å². The van der Waals surface area contributed by atoms with Crippen molar-refractivity contribution in [2.24, 2.45) is 0 Å². The Bertz CT molecular complexity index is 3340. The third-order valence-electron chi connectivity index (χ3n) is 11.3. The number of nitrogens with zero attached hydrogens (tertiary/aromatic N) is 3. The van der Waals surface area contributed by atoms with E-state index in [4.69, 9.17) is 9.97 Å². The first-order chi connectivity index (χ1) is 28.7. The Morgan fingerprint density at radius 2 is 0.776 bits per heavy atom. The van der Waals surface area contributed by atoms with Crippen molar-refractivity contribution in [3.63, 3.8) is 0 Å². The molecule has 0 bridgehead atoms. The SMILES string of the molecule is c1ccc(-c2cc(-c3cccc(-c4ccccn4)c3)nc(-c3cccc(-c4cc5c6ccccc6c(-c6ccc7ccccc7c6)cc5c5ccccc45)c3)n2)cc1. The predicted molar refractivity (Wildman–Crippen MR) is 242 cm³/mol. The molecule has 0 N–H and O–H groups in total. The lowest BCUT2D eigenvalue weighted by molar-refractivity contribution is 1.18. The van der Waals surface area contributed by atoms with Crippen molar-refractivity contribution in [2.45, 2.75) is 0 Å². The topological polar surface area (TPSA) is 38.7 Å². The Balaban J connectivity index is 1.08. The highest BCUT2D eigenvalue weighted by atomic mass is 14.9. The second-order valence-corrected chi connectivity index (χ2v) is 14.8. The summed E-state index contributed by atoms with van der Waals surface area (Å²) in [5, 5.41) is 9.88. The van der Waals surface area contributed by atoms with Crippen LogP contribution in [0.5, 0.6) is 0 Å². The summed E-state index contributed by atoms with van der Waals surface area (Å²) in [6.07, 6.45) is 1.83. The minimum absolute atomic E-state index is 0.678. The van der Waals surface area contributed by atoms with Crippen LogP contribution in [0.25, 0.3) is 111 Å². The molecule has 0 saturated heterocycles. The number of rotatable bonds is 6. The quantitative estimate of drug-likeness (QED) is 0.160. The van der Waals surface area contributed by atoms with Gasteiger partial charge >= 0.3 is 0 Å². The minimum atomic E-state index is 0.678. The van der Waals surface area contributed by atoms with Gasteiger partial charge in [0, 0.05) is 28.5 Å². The van der Waals surface area contributed by atoms with Gasteiger partial charge in [-0.2, -0.15) is 0 Å². The fourth-order valence-corrected chi connectivity index (χ4v) is 8.46. The number of aromatic nitrogens is 3. The van der Waals surface area contributed by atoms with Crippen LogP contribution in [0.3, 0.4) is 0 Å². The number of fused-ring (bicyclic) bond motifs is 6. The molecule has 3 nitrogen and oxygen atoms in total. The first-order valence-electron chi connectivity index (χ1n) is 19.7. The zero-order valence-electron chi connectivity index (χ0n) is 31.5. The van der Waals surface area contributed by atoms with Crippen LogP contribution in [0.15, 0.2) is 212 Å². The van der Waals surface area contributed by atoms with Gasteiger partial charge in [-0.3, -0.25) is 4.98 Å². The summed E-state index contributed by atoms with van der Waals surface area (Å²) in [6, 6.07) is 73.4. The van der Waals surface area contributed by atoms with Crippen LogP contribution in [-0.4, -0.2) is 15.0 Å². The zero-order valence-corrected chi connectivity index (χ0v) is 31.5. The van der Waals surface area contributed by atoms with Crippen LogP contribution in [0.4, 0.5) is 0 Å². The fraction of sp³-hybridized carbons (Fsp3) is 0. The van der Waals surface area contributed by atoms with E-state index in [1.165, 1.54) is 59.8 Å². The van der Waals surface area contributed by atoms with Gasteiger partial charge in [0.15, 0.2) is 5.82 Å². The maximum Gasteiger partial charge on any atom is 0.160 e. The van der Waals surface area contributed by atoms with E-state index in [1.54, 1.807) is 0 Å². The molecular weight excluding hydrogens is 703 g/mol. The summed E-state index contributed by atoms with van der Waals surface area (Å²) in [5.74, 6) is 0.678. The highest BCUT2D eigenvalue weighted by Crippen LogP contribution is 2.43. The van der Waals surface area contributed by atoms with Crippen LogP contribution in [0.2, 0.25) is 0 Å². The fourth-order valence-electron chi connectivity index (χ4n) is 8.46. The van der Waals surface area contributed by atoms with Gasteiger partial charge in [-0.05, 0) is 114 Å². The van der Waals surface area contributed by atoms with Crippen LogP contribution < -0.4 is 0 Å². The summed E-state index contributed by atoms with van der Waals surface area (Å²) in [5.41, 5.74) is 11.5. The second kappa shape index (κ2) is 14.1. The molecule has 0 spiro atoms. The third kappa shape index (κ3) is 5.98. The van der Waals surface area contributed by atoms with Crippen LogP contribution in [0.1, 0.15) is 0 Å². The number of benzene rings is 9. The Labute approximate surface area is 336 Å². The summed E-state index contributed by atoms with van der Waals surface area (Å²) < 4.78 is 0. The molecule has 0 radical (unpaired) electrons. The van der Waals surface area contributed by atoms with Crippen LogP contribution in [0, 0.1) is 0 Å². The standard InChI is InChI=1S/C55H35N3/c1-2-15-37(16-3-1)53-35-54(42-20-13-19-41(32-42)52-26-10-11-29-56-52)58-55(57-53)43-21-12-18-39(31-43)48-33-50-47-25-9-7-23-45(47)49(34-51(50)46-24-8-6-22-44(46)48)40-28-27-36-14-4-5-17-38(36)30-40/h1-35H. The van der Waals surface area contributed by atoms with Gasteiger partial charge in [0.1, 0.15) is 0 Å². The molecule has 0 atom stereocenters. The highest BCUT2D eigenvalue weighted by molar-refractivity contribution is 6.24. The van der Waals surface area contributed by atoms with Crippen molar-refractivity contribution >= 4 is 43.1 Å². The lowest BCUT2D eigenvalue weighted by Gasteiger charge is -2.17. The summed E-state index contributed by atoms with van der Waals surface area (Å²) in [7, 11) is 0. The molecule has 2 heterocycles. The monoisotopic (exact) mass is 737 g/mol. The Kier molecular flexibility index (Phi) is 8.15. The minimum Gasteiger partial charge on any atom is -0.256 e. The van der Waals surface area contributed by atoms with Crippen molar-refractivity contribution in [3.05, 3.63) is 212 Å². The predicted octanol–water partition coefficient (Wildman–Crippen LogP) is 14.5. The van der Waals surface area contributed by atoms with Crippen molar-refractivity contribution in [1.82, 2.24) is 15.0 Å². The van der Waals surface area contributed by atoms with E-state index in [-0.39, 0.29) is 0 Å². The lowest BCUT2D eigenvalue weighted by atomic mass is 9.87. The molecule has 0 saturated carbocycles. The van der Waals surface area contributed by atoms with Crippen molar-refractivity contribution in [2.75, 3.05) is 0 Å². The Hall–Kier alpha value is -7.75. The van der Waals surface area contributed by atoms with Gasteiger partial charge in [-0.1, -0.05) is 158 Å². The van der Waals surface area contributed by atoms with Gasteiger partial charge in [0.25, 0.3) is 0 Å². The second-order valence-electron chi connectivity index (χ2n) is 14.8. The number of hydrogen-bond acceptors (Lipinski definition) is 3. The molecule has 3 heteroatoms. The first kappa shape index (κ1) is 33.6. The average Bonchev–Trinajstić information content (AvgIpc) is 3.31. The summed E-state index contributed by atoms with van der Waals surface area (Å²) in [4.78, 5) is 15.1. The van der Waals surface area contributed by atoms with E-state index >= 15 is 0 Å². The van der Waals surface area contributed by atoms with E-state index in [9.17, 15) is 0 Å². The van der Waals surface area contributed by atoms with Gasteiger partial charge < -0.3 is 0 Å². The lowest BCUT2D eigenvalue weighted by Crippen LogP contribution is -1.96. The zero-order chi connectivity index (χ0) is 38.4. The maximum atomic E-state index is 5.25. The average molecular weight is 738 g/mol. The van der Waals surface area contributed by atoms with E-state index in [0.29, 0.717) is 5.82 Å². The van der Waals surface area contributed by atoms with Gasteiger partial charge in [-0.15, -0.1) is 0 Å². The number of hydrogen-bond donors (Lipinski definition) is 0. The summed E-state index contributed by atoms with van der Waals surface area (Å²) >= 11 is 0. The van der Waals surface area contributed by atoms with Gasteiger partial charge in [0.2, 0.25) is 0 Å². The maximum absolute atomic E-state index is 5.25. The largest absolute Gasteiger partial charge is 0.256 e. The normalized spacial score (nSPS) is 11.4.